The summed E-state index contributed by atoms with van der Waals surface area (Å²) in [6.45, 7) is 27.3. The highest BCUT2D eigenvalue weighted by Gasteiger charge is 2.53. The summed E-state index contributed by atoms with van der Waals surface area (Å²) in [4.78, 5) is 89.2. The van der Waals surface area contributed by atoms with Gasteiger partial charge >= 0.3 is 18.0 Å². The molecule has 26 heteroatoms. The SMILES string of the molecule is CON=C1C[C@@H](C)O[C@@H](OC2C(C)CC(C)(OC(=O)NC(C)(C)CNC(=O)c3cnc(O)cn3)C(=O)C(C)C(OC(=O)CC(C)C)C(C)C(C(C)CO[C@@H]3O[C@H](C)[C@@H](O)[C@@H](OC)[C@H]3OC)OC(=O)C(C)C(O[C@H]3CC(C)N(CCc4ccccc4)C[C@H](C)O3)C2C)[C@@H]1O. The topological polar surface area (TPSA) is 322 Å². The van der Waals surface area contributed by atoms with Crippen LogP contribution in [0.25, 0.3) is 0 Å². The Morgan fingerprint density at radius 2 is 1.52 bits per heavy atom. The van der Waals surface area contributed by atoms with Crippen molar-refractivity contribution in [2.24, 2.45) is 46.6 Å². The molecule has 0 bridgehead atoms. The number of cyclic esters (lactones) is 1. The number of ketones is 1. The Labute approximate surface area is 548 Å². The van der Waals surface area contributed by atoms with E-state index in [2.05, 4.69) is 49.7 Å². The number of benzene rings is 1. The number of carbonyl (C=O) groups excluding carboxylic acids is 5. The predicted octanol–water partition coefficient (Wildman–Crippen LogP) is 6.32. The van der Waals surface area contributed by atoms with Crippen molar-refractivity contribution in [3.8, 4) is 5.88 Å². The second kappa shape index (κ2) is 34.4. The van der Waals surface area contributed by atoms with Crippen LogP contribution >= 0.6 is 0 Å². The van der Waals surface area contributed by atoms with E-state index >= 15 is 9.59 Å². The lowest BCUT2D eigenvalue weighted by atomic mass is 9.74. The van der Waals surface area contributed by atoms with Gasteiger partial charge in [-0.3, -0.25) is 24.1 Å². The van der Waals surface area contributed by atoms with Crippen molar-refractivity contribution in [2.75, 3.05) is 47.6 Å². The number of methoxy groups -OCH3 is 2. The first-order valence-electron chi connectivity index (χ1n) is 32.7. The molecular formula is C67H106N6O20. The average molecular weight is 1320 g/mol. The van der Waals surface area contributed by atoms with Crippen LogP contribution in [0, 0.1) is 41.4 Å². The minimum absolute atomic E-state index is 0.0454. The molecule has 6 rings (SSSR count). The van der Waals surface area contributed by atoms with Crippen LogP contribution in [0.15, 0.2) is 47.9 Å². The second-order valence-electron chi connectivity index (χ2n) is 27.4. The molecule has 4 fully saturated rings. The van der Waals surface area contributed by atoms with Crippen molar-refractivity contribution >= 4 is 35.4 Å². The summed E-state index contributed by atoms with van der Waals surface area (Å²) in [6, 6.07) is 10.1. The van der Waals surface area contributed by atoms with Crippen LogP contribution in [0.5, 0.6) is 5.88 Å². The van der Waals surface area contributed by atoms with Gasteiger partial charge in [-0.1, -0.05) is 84.0 Å². The van der Waals surface area contributed by atoms with Crippen molar-refractivity contribution in [1.82, 2.24) is 25.5 Å². The zero-order valence-electron chi connectivity index (χ0n) is 57.7. The van der Waals surface area contributed by atoms with E-state index < -0.39 is 156 Å². The maximum Gasteiger partial charge on any atom is 0.408 e. The molecule has 2 amide bonds. The number of aliphatic hydroxyl groups is 2. The molecule has 2 aromatic rings. The highest BCUT2D eigenvalue weighted by molar-refractivity contribution is 5.93. The highest BCUT2D eigenvalue weighted by Crippen LogP contribution is 2.41. The van der Waals surface area contributed by atoms with Crippen LogP contribution in [0.2, 0.25) is 0 Å². The lowest BCUT2D eigenvalue weighted by Crippen LogP contribution is -2.59. The number of nitrogens with zero attached hydrogens (tertiary/aromatic N) is 4. The van der Waals surface area contributed by atoms with Crippen molar-refractivity contribution in [3.05, 3.63) is 54.0 Å². The number of ether oxygens (including phenoxy) is 11. The molecule has 12 unspecified atom stereocenters. The van der Waals surface area contributed by atoms with E-state index in [0.29, 0.717) is 13.0 Å². The maximum absolute atomic E-state index is 16.2. The molecule has 26 nitrogen and oxygen atoms in total. The molecule has 0 aliphatic carbocycles. The Bertz CT molecular complexity index is 2750. The summed E-state index contributed by atoms with van der Waals surface area (Å²) < 4.78 is 71.3. The molecule has 524 valence electrons. The molecule has 4 aliphatic heterocycles. The number of carbonyl (C=O) groups is 5. The monoisotopic (exact) mass is 1310 g/mol. The first kappa shape index (κ1) is 76.5. The number of oxime groups is 1. The van der Waals surface area contributed by atoms with E-state index in [0.717, 1.165) is 25.4 Å². The van der Waals surface area contributed by atoms with Gasteiger partial charge in [-0.2, -0.15) is 0 Å². The molecule has 5 N–H and O–H groups in total. The normalized spacial score (nSPS) is 35.4. The molecule has 1 aromatic heterocycles. The lowest BCUT2D eigenvalue weighted by molar-refractivity contribution is -0.305. The molecule has 22 atom stereocenters. The van der Waals surface area contributed by atoms with E-state index in [9.17, 15) is 29.7 Å². The number of esters is 2. The zero-order chi connectivity index (χ0) is 68.8. The minimum atomic E-state index is -2.12. The largest absolute Gasteiger partial charge is 0.492 e. The first-order valence-corrected chi connectivity index (χ1v) is 32.7. The number of aromatic nitrogens is 2. The van der Waals surface area contributed by atoms with E-state index in [4.69, 9.17) is 56.9 Å². The second-order valence-corrected chi connectivity index (χ2v) is 27.4. The number of aliphatic hydroxyl groups excluding tert-OH is 2. The van der Waals surface area contributed by atoms with E-state index in [-0.39, 0.29) is 67.8 Å². The average Bonchev–Trinajstić information content (AvgIpc) is 0.950. The molecule has 0 saturated carbocycles. The van der Waals surface area contributed by atoms with E-state index in [1.54, 1.807) is 62.3 Å². The quantitative estimate of drug-likeness (QED) is 0.0489. The predicted molar refractivity (Wildman–Crippen MR) is 339 cm³/mol. The standard InChI is InChI=1S/C67H106N6O20/c1-35(2)26-50(75)89-56-42(9)55(37(4)33-85-64-59(83-17)58(82-16)52(76)45(12)88-64)91-62(80)44(11)57(90-51-27-38(5)73(32-40(7)86-51)25-24-46-22-20-19-21-23-46)41(8)54(92-63-53(77)47(72-84-18)28-39(6)87-63)36(3)29-67(15,60(78)43(56)10)93-65(81)71-66(13,14)34-70-61(79)48-30-69-49(74)31-68-48/h19-23,30-31,35-45,51-59,63-64,76-77H,24-29,32-34H2,1-18H3,(H,69,74)(H,70,79)(H,71,81)/t36?,37?,38?,39-,40+,41?,42?,43?,44?,45-,51+,52-,53-,54?,55?,56?,57?,58-,59-,63+,64-,67?/m1/s1. The van der Waals surface area contributed by atoms with E-state index in [1.807, 2.05) is 45.9 Å². The molecule has 1 aromatic carbocycles. The van der Waals surface area contributed by atoms with Crippen molar-refractivity contribution in [3.63, 3.8) is 0 Å². The Kier molecular flexibility index (Phi) is 28.3. The number of Topliss-reactive ketones (excluding diaryl/α,β-unsaturated/α-hetero) is 1. The minimum Gasteiger partial charge on any atom is -0.492 e. The van der Waals surface area contributed by atoms with Crippen LogP contribution in [0.4, 0.5) is 4.79 Å². The Balaban J connectivity index is 1.49. The molecular weight excluding hydrogens is 1210 g/mol. The van der Waals surface area contributed by atoms with Crippen molar-refractivity contribution < 1.29 is 96.2 Å². The molecule has 0 spiro atoms. The third kappa shape index (κ3) is 20.7. The van der Waals surface area contributed by atoms with Gasteiger partial charge in [0.25, 0.3) is 5.91 Å². The fourth-order valence-electron chi connectivity index (χ4n) is 13.3. The number of hydrogen-bond acceptors (Lipinski definition) is 24. The summed E-state index contributed by atoms with van der Waals surface area (Å²) in [5, 5.41) is 42.3. The van der Waals surface area contributed by atoms with Crippen LogP contribution < -0.4 is 10.6 Å². The molecule has 5 heterocycles. The zero-order valence-corrected chi connectivity index (χ0v) is 57.7. The third-order valence-electron chi connectivity index (χ3n) is 18.3. The van der Waals surface area contributed by atoms with Gasteiger partial charge in [0.1, 0.15) is 49.4 Å². The highest BCUT2D eigenvalue weighted by atomic mass is 16.7. The number of rotatable bonds is 22. The van der Waals surface area contributed by atoms with Crippen LogP contribution in [-0.4, -0.2) is 216 Å². The van der Waals surface area contributed by atoms with Gasteiger partial charge in [-0.15, -0.1) is 0 Å². The van der Waals surface area contributed by atoms with Crippen molar-refractivity contribution in [2.45, 2.75) is 239 Å². The molecule has 0 radical (unpaired) electrons. The number of alkyl carbamates (subject to hydrolysis) is 1. The van der Waals surface area contributed by atoms with Gasteiger partial charge in [-0.05, 0) is 85.6 Å². The van der Waals surface area contributed by atoms with Gasteiger partial charge in [0.15, 0.2) is 30.3 Å². The summed E-state index contributed by atoms with van der Waals surface area (Å²) in [5.74, 6) is -9.19. The summed E-state index contributed by atoms with van der Waals surface area (Å²) >= 11 is 0. The number of nitrogens with one attached hydrogen (secondary N) is 2. The van der Waals surface area contributed by atoms with Crippen LogP contribution in [0.1, 0.15) is 146 Å². The number of amides is 2. The number of hydrogen-bond donors (Lipinski definition) is 5. The van der Waals surface area contributed by atoms with Gasteiger partial charge in [0.05, 0.1) is 72.6 Å². The van der Waals surface area contributed by atoms with Crippen molar-refractivity contribution in [1.29, 1.82) is 0 Å². The Morgan fingerprint density at radius 1 is 0.828 bits per heavy atom. The van der Waals surface area contributed by atoms with Crippen LogP contribution in [0.3, 0.4) is 0 Å². The summed E-state index contributed by atoms with van der Waals surface area (Å²) in [7, 11) is 4.25. The summed E-state index contributed by atoms with van der Waals surface area (Å²) in [6.07, 6.45) is -12.0. The van der Waals surface area contributed by atoms with Crippen LogP contribution in [-0.2, 0) is 77.7 Å². The number of aromatic hydroxyl groups is 1. The van der Waals surface area contributed by atoms with Gasteiger partial charge in [0, 0.05) is 76.9 Å². The Morgan fingerprint density at radius 3 is 2.15 bits per heavy atom. The van der Waals surface area contributed by atoms with E-state index in [1.165, 1.54) is 33.8 Å². The molecule has 4 saturated heterocycles. The molecule has 4 aliphatic rings. The first-order chi connectivity index (χ1) is 43.8. The summed E-state index contributed by atoms with van der Waals surface area (Å²) in [5.41, 5.74) is -2.02. The van der Waals surface area contributed by atoms with Gasteiger partial charge < -0.3 is 82.9 Å². The Hall–Kier alpha value is -5.52. The fraction of sp³-hybridized carbons (Fsp3) is 0.761. The van der Waals surface area contributed by atoms with Gasteiger partial charge in [-0.25, -0.2) is 14.8 Å². The third-order valence-corrected chi connectivity index (χ3v) is 18.3. The maximum atomic E-state index is 16.2. The van der Waals surface area contributed by atoms with Gasteiger partial charge in [0.2, 0.25) is 5.88 Å². The smallest absolute Gasteiger partial charge is 0.408 e. The lowest BCUT2D eigenvalue weighted by Gasteiger charge is -2.45. The fourth-order valence-corrected chi connectivity index (χ4v) is 13.3. The molecule has 93 heavy (non-hydrogen) atoms.